The van der Waals surface area contributed by atoms with Gasteiger partial charge in [-0.3, -0.25) is 0 Å². The van der Waals surface area contributed by atoms with Crippen molar-refractivity contribution in [3.8, 4) is 0 Å². The summed E-state index contributed by atoms with van der Waals surface area (Å²) in [4.78, 5) is 16.9. The average Bonchev–Trinajstić information content (AvgIpc) is 2.10. The highest BCUT2D eigenvalue weighted by Gasteiger charge is 2.20. The molecule has 0 bridgehead atoms. The number of nitrogens with zero attached hydrogens (tertiary/aromatic N) is 3. The van der Waals surface area contributed by atoms with E-state index in [1.807, 2.05) is 6.92 Å². The van der Waals surface area contributed by atoms with Crippen molar-refractivity contribution in [2.45, 2.75) is 6.92 Å². The smallest absolute Gasteiger partial charge is 0.377 e. The zero-order chi connectivity index (χ0) is 10.7. The Labute approximate surface area is 84.4 Å². The fraction of sp³-hybridized carbons (Fsp3) is 0.333. The van der Waals surface area contributed by atoms with E-state index >= 15 is 0 Å². The summed E-state index contributed by atoms with van der Waals surface area (Å²) in [5.74, 6) is -0.538. The molecule has 1 aromatic rings. The van der Waals surface area contributed by atoms with E-state index < -0.39 is 10.7 Å². The molecular weight excluding hydrogens is 210 g/mol. The molecule has 0 saturated heterocycles. The van der Waals surface area contributed by atoms with Gasteiger partial charge in [-0.1, -0.05) is 0 Å². The summed E-state index contributed by atoms with van der Waals surface area (Å²) in [7, 11) is 0. The first-order valence-corrected chi connectivity index (χ1v) is 4.15. The molecule has 76 valence electrons. The highest BCUT2D eigenvalue weighted by Crippen LogP contribution is 2.24. The van der Waals surface area contributed by atoms with Gasteiger partial charge in [0.05, 0.1) is 0 Å². The lowest BCUT2D eigenvalue weighted by molar-refractivity contribution is -0.388. The predicted molar refractivity (Wildman–Crippen MR) is 52.3 cm³/mol. The van der Waals surface area contributed by atoms with E-state index in [2.05, 4.69) is 15.3 Å². The Morgan fingerprint density at radius 3 is 2.79 bits per heavy atom. The third-order valence-electron chi connectivity index (χ3n) is 1.38. The molecule has 0 fully saturated rings. The number of anilines is 2. The van der Waals surface area contributed by atoms with Gasteiger partial charge in [0.1, 0.15) is 0 Å². The van der Waals surface area contributed by atoms with Gasteiger partial charge in [0.2, 0.25) is 5.82 Å². The van der Waals surface area contributed by atoms with Crippen molar-refractivity contribution >= 4 is 29.1 Å². The Balaban J connectivity index is 3.17. The second kappa shape index (κ2) is 4.05. The Morgan fingerprint density at radius 1 is 1.64 bits per heavy atom. The Morgan fingerprint density at radius 2 is 2.29 bits per heavy atom. The van der Waals surface area contributed by atoms with Gasteiger partial charge in [0, 0.05) is 6.54 Å². The van der Waals surface area contributed by atoms with Crippen molar-refractivity contribution in [2.24, 2.45) is 0 Å². The van der Waals surface area contributed by atoms with E-state index in [9.17, 15) is 10.1 Å². The molecular formula is C6H8ClN5O2. The summed E-state index contributed by atoms with van der Waals surface area (Å²) in [6, 6.07) is 0. The monoisotopic (exact) mass is 217 g/mol. The van der Waals surface area contributed by atoms with Crippen LogP contribution in [0.5, 0.6) is 0 Å². The van der Waals surface area contributed by atoms with E-state index in [1.54, 1.807) is 0 Å². The summed E-state index contributed by atoms with van der Waals surface area (Å²) < 4.78 is 0. The number of hydrogen-bond donors (Lipinski definition) is 2. The first-order chi connectivity index (χ1) is 6.56. The van der Waals surface area contributed by atoms with E-state index in [0.29, 0.717) is 6.54 Å². The standard InChI is InChI=1S/C6H8ClN5O2/c1-2-9-5-3(7)10-6(12(13)14)4(8)11-5/h2H2,1H3,(H3,8,9,11). The van der Waals surface area contributed by atoms with Crippen molar-refractivity contribution in [1.82, 2.24) is 9.97 Å². The molecule has 3 N–H and O–H groups in total. The molecule has 0 aliphatic rings. The van der Waals surface area contributed by atoms with Crippen LogP contribution in [-0.4, -0.2) is 21.4 Å². The van der Waals surface area contributed by atoms with Crippen LogP contribution >= 0.6 is 11.6 Å². The normalized spacial score (nSPS) is 9.86. The van der Waals surface area contributed by atoms with Crippen molar-refractivity contribution in [3.63, 3.8) is 0 Å². The number of halogens is 1. The van der Waals surface area contributed by atoms with Gasteiger partial charge in [-0.05, 0) is 28.4 Å². The number of nitro groups is 1. The van der Waals surface area contributed by atoms with Crippen molar-refractivity contribution < 1.29 is 4.92 Å². The molecule has 1 heterocycles. The molecule has 0 atom stereocenters. The maximum absolute atomic E-state index is 10.4. The van der Waals surface area contributed by atoms with E-state index in [0.717, 1.165) is 0 Å². The number of nitrogens with one attached hydrogen (secondary N) is 1. The van der Waals surface area contributed by atoms with Crippen LogP contribution in [-0.2, 0) is 0 Å². The topological polar surface area (TPSA) is 107 Å². The Bertz CT molecular complexity index is 369. The number of rotatable bonds is 3. The van der Waals surface area contributed by atoms with Gasteiger partial charge < -0.3 is 21.2 Å². The summed E-state index contributed by atoms with van der Waals surface area (Å²) in [5.41, 5.74) is 5.31. The first kappa shape index (κ1) is 10.5. The molecule has 0 amide bonds. The molecule has 1 aromatic heterocycles. The zero-order valence-electron chi connectivity index (χ0n) is 7.32. The lowest BCUT2D eigenvalue weighted by atomic mass is 10.5. The average molecular weight is 218 g/mol. The highest BCUT2D eigenvalue weighted by molar-refractivity contribution is 6.31. The number of aromatic nitrogens is 2. The molecule has 0 saturated carbocycles. The van der Waals surface area contributed by atoms with E-state index in [-0.39, 0.29) is 16.8 Å². The van der Waals surface area contributed by atoms with Crippen molar-refractivity contribution in [2.75, 3.05) is 17.6 Å². The minimum Gasteiger partial charge on any atom is -0.377 e. The van der Waals surface area contributed by atoms with Gasteiger partial charge in [-0.25, -0.2) is 4.98 Å². The number of hydrogen-bond acceptors (Lipinski definition) is 6. The maximum Gasteiger partial charge on any atom is 0.408 e. The molecule has 14 heavy (non-hydrogen) atoms. The fourth-order valence-electron chi connectivity index (χ4n) is 0.834. The molecule has 0 aliphatic carbocycles. The summed E-state index contributed by atoms with van der Waals surface area (Å²) >= 11 is 5.63. The minimum atomic E-state index is -0.732. The summed E-state index contributed by atoms with van der Waals surface area (Å²) in [5, 5.41) is 13.1. The van der Waals surface area contributed by atoms with Crippen molar-refractivity contribution in [3.05, 3.63) is 15.3 Å². The molecule has 0 radical (unpaired) electrons. The van der Waals surface area contributed by atoms with E-state index in [4.69, 9.17) is 17.3 Å². The van der Waals surface area contributed by atoms with Crippen LogP contribution in [0.2, 0.25) is 5.15 Å². The molecule has 7 nitrogen and oxygen atoms in total. The zero-order valence-corrected chi connectivity index (χ0v) is 8.08. The molecule has 0 aliphatic heterocycles. The number of nitrogen functional groups attached to an aromatic ring is 1. The summed E-state index contributed by atoms with van der Waals surface area (Å²) in [6.07, 6.45) is 0. The van der Waals surface area contributed by atoms with E-state index in [1.165, 1.54) is 0 Å². The van der Waals surface area contributed by atoms with Gasteiger partial charge in [0.25, 0.3) is 5.15 Å². The molecule has 0 spiro atoms. The summed E-state index contributed by atoms with van der Waals surface area (Å²) in [6.45, 7) is 2.40. The second-order valence-electron chi connectivity index (χ2n) is 2.36. The molecule has 1 rings (SSSR count). The number of nitrogens with two attached hydrogens (primary N) is 1. The van der Waals surface area contributed by atoms with Crippen LogP contribution in [0.25, 0.3) is 0 Å². The first-order valence-electron chi connectivity index (χ1n) is 3.77. The van der Waals surface area contributed by atoms with Crippen LogP contribution in [0.1, 0.15) is 6.92 Å². The fourth-order valence-corrected chi connectivity index (χ4v) is 1.02. The molecule has 8 heteroatoms. The Hall–Kier alpha value is -1.63. The lowest BCUT2D eigenvalue weighted by Gasteiger charge is -2.02. The van der Waals surface area contributed by atoms with Crippen LogP contribution in [0.3, 0.4) is 0 Å². The van der Waals surface area contributed by atoms with Gasteiger partial charge in [-0.15, -0.1) is 0 Å². The minimum absolute atomic E-state index is 0.0623. The quantitative estimate of drug-likeness (QED) is 0.579. The van der Waals surface area contributed by atoms with Crippen LogP contribution < -0.4 is 11.1 Å². The van der Waals surface area contributed by atoms with Crippen LogP contribution in [0, 0.1) is 10.1 Å². The largest absolute Gasteiger partial charge is 0.408 e. The van der Waals surface area contributed by atoms with Gasteiger partial charge in [-0.2, -0.15) is 0 Å². The third-order valence-corrected chi connectivity index (χ3v) is 1.64. The van der Waals surface area contributed by atoms with Crippen LogP contribution in [0.15, 0.2) is 0 Å². The van der Waals surface area contributed by atoms with Gasteiger partial charge in [0.15, 0.2) is 5.82 Å². The van der Waals surface area contributed by atoms with Crippen molar-refractivity contribution in [1.29, 1.82) is 0 Å². The predicted octanol–water partition coefficient (Wildman–Crippen LogP) is 1.05. The maximum atomic E-state index is 10.4. The van der Waals surface area contributed by atoms with Crippen LogP contribution in [0.4, 0.5) is 17.5 Å². The SMILES string of the molecule is CCNc1nc(N)c([N+](=O)[O-])nc1Cl. The Kier molecular flexibility index (Phi) is 3.03. The highest BCUT2D eigenvalue weighted by atomic mass is 35.5. The molecule has 0 aromatic carbocycles. The third kappa shape index (κ3) is 1.99. The van der Waals surface area contributed by atoms with Gasteiger partial charge >= 0.3 is 5.82 Å². The lowest BCUT2D eigenvalue weighted by Crippen LogP contribution is -2.07. The second-order valence-corrected chi connectivity index (χ2v) is 2.72. The molecule has 0 unspecified atom stereocenters.